The molecular formula is C14H21ClN2O. The summed E-state index contributed by atoms with van der Waals surface area (Å²) in [6, 6.07) is 6.20. The van der Waals surface area contributed by atoms with Crippen molar-refractivity contribution in [3.8, 4) is 0 Å². The van der Waals surface area contributed by atoms with E-state index in [1.165, 1.54) is 16.7 Å². The Labute approximate surface area is 115 Å². The van der Waals surface area contributed by atoms with Crippen LogP contribution in [-0.2, 0) is 11.2 Å². The Kier molecular flexibility index (Phi) is 5.63. The third kappa shape index (κ3) is 3.47. The molecule has 100 valence electrons. The van der Waals surface area contributed by atoms with Crippen molar-refractivity contribution in [1.29, 1.82) is 0 Å². The highest BCUT2D eigenvalue weighted by molar-refractivity contribution is 5.85. The minimum atomic E-state index is 0. The molecule has 0 atom stereocenters. The zero-order valence-electron chi connectivity index (χ0n) is 11.0. The Balaban J connectivity index is 0.00000162. The minimum absolute atomic E-state index is 0. The molecule has 0 spiro atoms. The number of hydrogen-bond donors (Lipinski definition) is 1. The summed E-state index contributed by atoms with van der Waals surface area (Å²) in [6.45, 7) is 7.66. The van der Waals surface area contributed by atoms with E-state index in [0.717, 1.165) is 26.2 Å². The summed E-state index contributed by atoms with van der Waals surface area (Å²) in [4.78, 5) is 14.1. The molecule has 0 radical (unpaired) electrons. The maximum absolute atomic E-state index is 12.2. The normalized spacial score (nSPS) is 15.1. The molecule has 2 rings (SSSR count). The van der Waals surface area contributed by atoms with Crippen molar-refractivity contribution in [3.05, 3.63) is 34.9 Å². The van der Waals surface area contributed by atoms with Gasteiger partial charge in [-0.2, -0.15) is 0 Å². The van der Waals surface area contributed by atoms with Crippen LogP contribution in [0.2, 0.25) is 0 Å². The topological polar surface area (TPSA) is 32.3 Å². The molecule has 0 aliphatic carbocycles. The van der Waals surface area contributed by atoms with Gasteiger partial charge in [-0.05, 0) is 30.5 Å². The fourth-order valence-electron chi connectivity index (χ4n) is 2.31. The molecule has 1 amide bonds. The first-order valence-electron chi connectivity index (χ1n) is 6.22. The Morgan fingerprint density at radius 1 is 1.22 bits per heavy atom. The fourth-order valence-corrected chi connectivity index (χ4v) is 2.31. The molecule has 4 heteroatoms. The van der Waals surface area contributed by atoms with E-state index in [2.05, 4.69) is 31.3 Å². The second-order valence-corrected chi connectivity index (χ2v) is 4.68. The first kappa shape index (κ1) is 15.0. The predicted molar refractivity (Wildman–Crippen MR) is 76.3 cm³/mol. The second-order valence-electron chi connectivity index (χ2n) is 4.68. The number of aryl methyl sites for hydroxylation is 2. The van der Waals surface area contributed by atoms with E-state index in [1.54, 1.807) is 0 Å². The van der Waals surface area contributed by atoms with Crippen LogP contribution in [0.3, 0.4) is 0 Å². The molecule has 3 nitrogen and oxygen atoms in total. The summed E-state index contributed by atoms with van der Waals surface area (Å²) in [5, 5.41) is 3.26. The third-order valence-electron chi connectivity index (χ3n) is 3.44. The Hall–Kier alpha value is -1.06. The molecule has 1 aliphatic rings. The standard InChI is InChI=1S/C14H20N2O.ClH/c1-11-4-3-5-12(2)13(11)10-14(17)16-8-6-15-7-9-16;/h3-5,15H,6-10H2,1-2H3;1H. The summed E-state index contributed by atoms with van der Waals surface area (Å²) < 4.78 is 0. The number of piperazine rings is 1. The average Bonchev–Trinajstić information content (AvgIpc) is 2.35. The van der Waals surface area contributed by atoms with Crippen LogP contribution in [0.25, 0.3) is 0 Å². The maximum Gasteiger partial charge on any atom is 0.227 e. The van der Waals surface area contributed by atoms with Crippen LogP contribution in [0.1, 0.15) is 16.7 Å². The van der Waals surface area contributed by atoms with Gasteiger partial charge in [0.25, 0.3) is 0 Å². The lowest BCUT2D eigenvalue weighted by Crippen LogP contribution is -2.47. The van der Waals surface area contributed by atoms with E-state index >= 15 is 0 Å². The van der Waals surface area contributed by atoms with Crippen molar-refractivity contribution < 1.29 is 4.79 Å². The van der Waals surface area contributed by atoms with E-state index < -0.39 is 0 Å². The molecule has 1 N–H and O–H groups in total. The van der Waals surface area contributed by atoms with Crippen molar-refractivity contribution in [2.45, 2.75) is 20.3 Å². The summed E-state index contributed by atoms with van der Waals surface area (Å²) in [5.74, 6) is 0.254. The number of hydrogen-bond acceptors (Lipinski definition) is 2. The monoisotopic (exact) mass is 268 g/mol. The van der Waals surface area contributed by atoms with Crippen molar-refractivity contribution in [2.75, 3.05) is 26.2 Å². The second kappa shape index (κ2) is 6.76. The third-order valence-corrected chi connectivity index (χ3v) is 3.44. The van der Waals surface area contributed by atoms with Gasteiger partial charge in [-0.1, -0.05) is 18.2 Å². The Morgan fingerprint density at radius 3 is 2.33 bits per heavy atom. The Morgan fingerprint density at radius 2 is 1.78 bits per heavy atom. The van der Waals surface area contributed by atoms with Gasteiger partial charge in [-0.25, -0.2) is 0 Å². The van der Waals surface area contributed by atoms with Gasteiger partial charge in [0, 0.05) is 26.2 Å². The van der Waals surface area contributed by atoms with Gasteiger partial charge in [0.05, 0.1) is 6.42 Å². The van der Waals surface area contributed by atoms with Crippen molar-refractivity contribution >= 4 is 18.3 Å². The highest BCUT2D eigenvalue weighted by atomic mass is 35.5. The van der Waals surface area contributed by atoms with Crippen LogP contribution in [0, 0.1) is 13.8 Å². The number of carbonyl (C=O) groups excluding carboxylic acids is 1. The van der Waals surface area contributed by atoms with E-state index in [9.17, 15) is 4.79 Å². The molecule has 1 aromatic rings. The summed E-state index contributed by atoms with van der Waals surface area (Å²) in [7, 11) is 0. The number of nitrogens with one attached hydrogen (secondary N) is 1. The van der Waals surface area contributed by atoms with E-state index in [0.29, 0.717) is 6.42 Å². The van der Waals surface area contributed by atoms with Gasteiger partial charge in [-0.3, -0.25) is 4.79 Å². The number of nitrogens with zero attached hydrogens (tertiary/aromatic N) is 1. The zero-order valence-corrected chi connectivity index (χ0v) is 11.8. The fraction of sp³-hybridized carbons (Fsp3) is 0.500. The molecule has 0 saturated carbocycles. The van der Waals surface area contributed by atoms with Crippen LogP contribution in [0.4, 0.5) is 0 Å². The number of benzene rings is 1. The van der Waals surface area contributed by atoms with Gasteiger partial charge >= 0.3 is 0 Å². The summed E-state index contributed by atoms with van der Waals surface area (Å²) >= 11 is 0. The predicted octanol–water partition coefficient (Wildman–Crippen LogP) is 1.70. The molecule has 1 aliphatic heterocycles. The lowest BCUT2D eigenvalue weighted by molar-refractivity contribution is -0.131. The van der Waals surface area contributed by atoms with E-state index in [-0.39, 0.29) is 18.3 Å². The van der Waals surface area contributed by atoms with Crippen LogP contribution in [0.5, 0.6) is 0 Å². The van der Waals surface area contributed by atoms with Crippen LogP contribution >= 0.6 is 12.4 Å². The van der Waals surface area contributed by atoms with Gasteiger partial charge in [-0.15, -0.1) is 12.4 Å². The average molecular weight is 269 g/mol. The smallest absolute Gasteiger partial charge is 0.227 e. The zero-order chi connectivity index (χ0) is 12.3. The molecule has 1 fully saturated rings. The first-order chi connectivity index (χ1) is 8.18. The van der Waals surface area contributed by atoms with E-state index in [1.807, 2.05) is 11.0 Å². The molecule has 18 heavy (non-hydrogen) atoms. The van der Waals surface area contributed by atoms with Gasteiger partial charge in [0.1, 0.15) is 0 Å². The first-order valence-corrected chi connectivity index (χ1v) is 6.22. The van der Waals surface area contributed by atoms with Crippen molar-refractivity contribution in [1.82, 2.24) is 10.2 Å². The SMILES string of the molecule is Cc1cccc(C)c1CC(=O)N1CCNCC1.Cl. The van der Waals surface area contributed by atoms with Crippen molar-refractivity contribution in [2.24, 2.45) is 0 Å². The summed E-state index contributed by atoms with van der Waals surface area (Å²) in [5.41, 5.74) is 3.62. The summed E-state index contributed by atoms with van der Waals surface area (Å²) in [6.07, 6.45) is 0.540. The minimum Gasteiger partial charge on any atom is -0.340 e. The largest absolute Gasteiger partial charge is 0.340 e. The molecule has 1 aromatic carbocycles. The van der Waals surface area contributed by atoms with Gasteiger partial charge in [0.2, 0.25) is 5.91 Å². The quantitative estimate of drug-likeness (QED) is 0.886. The van der Waals surface area contributed by atoms with Crippen LogP contribution in [-0.4, -0.2) is 37.0 Å². The molecular weight excluding hydrogens is 248 g/mol. The van der Waals surface area contributed by atoms with Gasteiger partial charge < -0.3 is 10.2 Å². The lowest BCUT2D eigenvalue weighted by atomic mass is 9.99. The Bertz CT molecular complexity index is 394. The van der Waals surface area contributed by atoms with Crippen LogP contribution in [0.15, 0.2) is 18.2 Å². The van der Waals surface area contributed by atoms with E-state index in [4.69, 9.17) is 0 Å². The molecule has 0 bridgehead atoms. The molecule has 1 heterocycles. The number of halogens is 1. The molecule has 0 aromatic heterocycles. The molecule has 0 unspecified atom stereocenters. The number of rotatable bonds is 2. The maximum atomic E-state index is 12.2. The number of carbonyl (C=O) groups is 1. The van der Waals surface area contributed by atoms with Gasteiger partial charge in [0.15, 0.2) is 0 Å². The van der Waals surface area contributed by atoms with Crippen LogP contribution < -0.4 is 5.32 Å². The van der Waals surface area contributed by atoms with Crippen molar-refractivity contribution in [3.63, 3.8) is 0 Å². The molecule has 1 saturated heterocycles. The lowest BCUT2D eigenvalue weighted by Gasteiger charge is -2.28. The highest BCUT2D eigenvalue weighted by Crippen LogP contribution is 2.15. The number of amides is 1. The highest BCUT2D eigenvalue weighted by Gasteiger charge is 2.17.